The molecule has 0 heterocycles. The zero-order valence-corrected chi connectivity index (χ0v) is 14.0. The Morgan fingerprint density at radius 3 is 2.18 bits per heavy atom. The first kappa shape index (κ1) is 16.6. The number of hydrogen-bond donors (Lipinski definition) is 1. The average Bonchev–Trinajstić information content (AvgIpc) is 2.49. The van der Waals surface area contributed by atoms with E-state index in [0.717, 1.165) is 16.8 Å². The van der Waals surface area contributed by atoms with Crippen LogP contribution >= 0.6 is 11.6 Å². The van der Waals surface area contributed by atoms with Gasteiger partial charge in [0.15, 0.2) is 5.78 Å². The molecule has 0 aliphatic heterocycles. The van der Waals surface area contributed by atoms with Crippen LogP contribution < -0.4 is 5.32 Å². The summed E-state index contributed by atoms with van der Waals surface area (Å²) in [5, 5.41) is 4.15. The second-order valence-corrected chi connectivity index (χ2v) is 6.43. The minimum atomic E-state index is 0.0926. The van der Waals surface area contributed by atoms with Crippen LogP contribution in [0.3, 0.4) is 0 Å². The van der Waals surface area contributed by atoms with Gasteiger partial charge in [-0.05, 0) is 37.1 Å². The molecule has 0 spiro atoms. The van der Waals surface area contributed by atoms with Crippen LogP contribution in [0.5, 0.6) is 0 Å². The smallest absolute Gasteiger partial charge is 0.164 e. The number of halogens is 1. The number of anilines is 1. The van der Waals surface area contributed by atoms with E-state index in [1.807, 2.05) is 55.5 Å². The number of benzene rings is 2. The second kappa shape index (κ2) is 7.46. The molecule has 1 unspecified atom stereocenters. The number of ketones is 1. The predicted molar refractivity (Wildman–Crippen MR) is 93.8 cm³/mol. The molecule has 0 fully saturated rings. The Bertz CT molecular complexity index is 617. The van der Waals surface area contributed by atoms with Crippen LogP contribution in [0.2, 0.25) is 5.02 Å². The van der Waals surface area contributed by atoms with Crippen LogP contribution in [-0.2, 0) is 0 Å². The van der Waals surface area contributed by atoms with E-state index in [-0.39, 0.29) is 11.8 Å². The molecule has 0 aliphatic rings. The summed E-state index contributed by atoms with van der Waals surface area (Å²) >= 11 is 5.91. The van der Waals surface area contributed by atoms with E-state index in [1.165, 1.54) is 0 Å². The zero-order chi connectivity index (χ0) is 16.1. The van der Waals surface area contributed by atoms with E-state index >= 15 is 0 Å². The van der Waals surface area contributed by atoms with E-state index in [9.17, 15) is 4.79 Å². The molecule has 0 aromatic heterocycles. The van der Waals surface area contributed by atoms with Crippen molar-refractivity contribution in [3.05, 3.63) is 64.7 Å². The zero-order valence-electron chi connectivity index (χ0n) is 13.3. The summed E-state index contributed by atoms with van der Waals surface area (Å²) in [7, 11) is 0. The van der Waals surface area contributed by atoms with Gasteiger partial charge in [0.1, 0.15) is 0 Å². The highest BCUT2D eigenvalue weighted by Gasteiger charge is 2.18. The van der Waals surface area contributed by atoms with Crippen LogP contribution in [0.1, 0.15) is 36.2 Å². The molecule has 2 rings (SSSR count). The Labute approximate surface area is 137 Å². The molecule has 3 heteroatoms. The van der Waals surface area contributed by atoms with Crippen molar-refractivity contribution in [2.75, 3.05) is 5.32 Å². The third-order valence-corrected chi connectivity index (χ3v) is 4.03. The lowest BCUT2D eigenvalue weighted by Gasteiger charge is -2.23. The van der Waals surface area contributed by atoms with Crippen molar-refractivity contribution in [2.45, 2.75) is 33.2 Å². The Balaban J connectivity index is 2.06. The lowest BCUT2D eigenvalue weighted by Crippen LogP contribution is -2.28. The maximum atomic E-state index is 12.5. The highest BCUT2D eigenvalue weighted by Crippen LogP contribution is 2.19. The van der Waals surface area contributed by atoms with Crippen LogP contribution in [-0.4, -0.2) is 11.8 Å². The molecule has 2 nitrogen and oxygen atoms in total. The standard InChI is InChI=1S/C19H22ClNO/c1-13(2)18(21-17-10-8-16(20)9-11-17)12-19(22)15-6-4-14(3)5-7-15/h4-11,13,18,21H,12H2,1-3H3. The first-order valence-corrected chi connectivity index (χ1v) is 7.95. The predicted octanol–water partition coefficient (Wildman–Crippen LogP) is 5.36. The van der Waals surface area contributed by atoms with Crippen molar-refractivity contribution in [3.63, 3.8) is 0 Å². The summed E-state index contributed by atoms with van der Waals surface area (Å²) < 4.78 is 0. The summed E-state index contributed by atoms with van der Waals surface area (Å²) in [6.07, 6.45) is 0.476. The summed E-state index contributed by atoms with van der Waals surface area (Å²) in [5.74, 6) is 0.519. The van der Waals surface area contributed by atoms with E-state index in [4.69, 9.17) is 11.6 Å². The van der Waals surface area contributed by atoms with Crippen molar-refractivity contribution in [3.8, 4) is 0 Å². The molecule has 0 bridgehead atoms. The van der Waals surface area contributed by atoms with Gasteiger partial charge in [-0.2, -0.15) is 0 Å². The number of carbonyl (C=O) groups excluding carboxylic acids is 1. The fourth-order valence-electron chi connectivity index (χ4n) is 2.27. The molecule has 0 radical (unpaired) electrons. The number of hydrogen-bond acceptors (Lipinski definition) is 2. The molecule has 2 aromatic rings. The van der Waals surface area contributed by atoms with E-state index < -0.39 is 0 Å². The average molecular weight is 316 g/mol. The fraction of sp³-hybridized carbons (Fsp3) is 0.316. The van der Waals surface area contributed by atoms with Crippen molar-refractivity contribution in [1.82, 2.24) is 0 Å². The van der Waals surface area contributed by atoms with Gasteiger partial charge in [-0.1, -0.05) is 55.3 Å². The summed E-state index contributed by atoms with van der Waals surface area (Å²) in [4.78, 5) is 12.5. The maximum Gasteiger partial charge on any atom is 0.164 e. The molecule has 0 saturated heterocycles. The highest BCUT2D eigenvalue weighted by molar-refractivity contribution is 6.30. The first-order valence-electron chi connectivity index (χ1n) is 7.57. The summed E-state index contributed by atoms with van der Waals surface area (Å²) in [6.45, 7) is 6.26. The Kier molecular flexibility index (Phi) is 5.62. The molecule has 1 atom stereocenters. The summed E-state index contributed by atoms with van der Waals surface area (Å²) in [6, 6.07) is 15.4. The number of carbonyl (C=O) groups is 1. The van der Waals surface area contributed by atoms with Crippen LogP contribution in [0, 0.1) is 12.8 Å². The van der Waals surface area contributed by atoms with Gasteiger partial charge in [0.2, 0.25) is 0 Å². The van der Waals surface area contributed by atoms with Crippen molar-refractivity contribution < 1.29 is 4.79 Å². The van der Waals surface area contributed by atoms with Crippen molar-refractivity contribution in [1.29, 1.82) is 0 Å². The number of aryl methyl sites for hydroxylation is 1. The lowest BCUT2D eigenvalue weighted by molar-refractivity contribution is 0.0970. The molecule has 2 aromatic carbocycles. The molecule has 116 valence electrons. The monoisotopic (exact) mass is 315 g/mol. The highest BCUT2D eigenvalue weighted by atomic mass is 35.5. The van der Waals surface area contributed by atoms with Gasteiger partial charge in [0.05, 0.1) is 0 Å². The van der Waals surface area contributed by atoms with Gasteiger partial charge in [-0.15, -0.1) is 0 Å². The van der Waals surface area contributed by atoms with Crippen LogP contribution in [0.15, 0.2) is 48.5 Å². The fourth-order valence-corrected chi connectivity index (χ4v) is 2.40. The molecule has 1 N–H and O–H groups in total. The topological polar surface area (TPSA) is 29.1 Å². The molecular weight excluding hydrogens is 294 g/mol. The largest absolute Gasteiger partial charge is 0.382 e. The third-order valence-electron chi connectivity index (χ3n) is 3.78. The molecule has 0 saturated carbocycles. The minimum Gasteiger partial charge on any atom is -0.382 e. The lowest BCUT2D eigenvalue weighted by atomic mass is 9.95. The molecule has 22 heavy (non-hydrogen) atoms. The van der Waals surface area contributed by atoms with Crippen LogP contribution in [0.25, 0.3) is 0 Å². The Morgan fingerprint density at radius 2 is 1.64 bits per heavy atom. The number of rotatable bonds is 6. The van der Waals surface area contributed by atoms with Gasteiger partial charge < -0.3 is 5.32 Å². The van der Waals surface area contributed by atoms with Gasteiger partial charge in [0, 0.05) is 28.7 Å². The number of Topliss-reactive ketones (excluding diaryl/α,β-unsaturated/α-hetero) is 1. The van der Waals surface area contributed by atoms with Gasteiger partial charge in [-0.3, -0.25) is 4.79 Å². The van der Waals surface area contributed by atoms with Crippen LogP contribution in [0.4, 0.5) is 5.69 Å². The van der Waals surface area contributed by atoms with Crippen molar-refractivity contribution >= 4 is 23.1 Å². The SMILES string of the molecule is Cc1ccc(C(=O)CC(Nc2ccc(Cl)cc2)C(C)C)cc1. The van der Waals surface area contributed by atoms with Gasteiger partial charge in [0.25, 0.3) is 0 Å². The van der Waals surface area contributed by atoms with Crippen molar-refractivity contribution in [2.24, 2.45) is 5.92 Å². The maximum absolute atomic E-state index is 12.5. The van der Waals surface area contributed by atoms with E-state index in [0.29, 0.717) is 17.4 Å². The van der Waals surface area contributed by atoms with E-state index in [1.54, 1.807) is 0 Å². The normalized spacial score (nSPS) is 12.2. The van der Waals surface area contributed by atoms with Gasteiger partial charge in [-0.25, -0.2) is 0 Å². The Morgan fingerprint density at radius 1 is 1.05 bits per heavy atom. The van der Waals surface area contributed by atoms with E-state index in [2.05, 4.69) is 19.2 Å². The first-order chi connectivity index (χ1) is 10.5. The Hall–Kier alpha value is -1.80. The molecule has 0 aliphatic carbocycles. The van der Waals surface area contributed by atoms with Gasteiger partial charge >= 0.3 is 0 Å². The molecular formula is C19H22ClNO. The minimum absolute atomic E-state index is 0.0926. The molecule has 0 amide bonds. The third kappa shape index (κ3) is 4.60. The quantitative estimate of drug-likeness (QED) is 0.727. The summed E-state index contributed by atoms with van der Waals surface area (Å²) in [5.41, 5.74) is 2.92. The number of nitrogens with one attached hydrogen (secondary N) is 1. The second-order valence-electron chi connectivity index (χ2n) is 6.00.